The minimum atomic E-state index is -0.225. The molecule has 0 unspecified atom stereocenters. The fourth-order valence-corrected chi connectivity index (χ4v) is 5.08. The SMILES string of the molecule is COc1ccc2c(c1)N1CCN(Cc3ccc(F)cc3)C[C@H]1[C@H](C(=O)NCc1ccncc1)C2. The quantitative estimate of drug-likeness (QED) is 0.611. The van der Waals surface area contributed by atoms with E-state index in [9.17, 15) is 9.18 Å². The molecule has 3 aromatic rings. The number of anilines is 1. The molecule has 6 nitrogen and oxygen atoms in total. The number of aromatic nitrogens is 1. The highest BCUT2D eigenvalue weighted by atomic mass is 19.1. The number of hydrogen-bond donors (Lipinski definition) is 1. The first-order chi connectivity index (χ1) is 16.6. The number of pyridine rings is 1. The Balaban J connectivity index is 1.37. The Morgan fingerprint density at radius 2 is 1.88 bits per heavy atom. The molecule has 1 aromatic heterocycles. The van der Waals surface area contributed by atoms with Gasteiger partial charge in [-0.05, 0) is 53.4 Å². The van der Waals surface area contributed by atoms with Crippen molar-refractivity contribution in [1.29, 1.82) is 0 Å². The number of nitrogens with zero attached hydrogens (tertiary/aromatic N) is 3. The minimum Gasteiger partial charge on any atom is -0.497 e. The van der Waals surface area contributed by atoms with Crippen LogP contribution in [-0.4, -0.2) is 48.6 Å². The predicted molar refractivity (Wildman–Crippen MR) is 129 cm³/mol. The number of piperazine rings is 1. The van der Waals surface area contributed by atoms with E-state index < -0.39 is 0 Å². The number of carbonyl (C=O) groups is 1. The number of ether oxygens (including phenoxy) is 1. The van der Waals surface area contributed by atoms with Crippen LogP contribution in [0.5, 0.6) is 5.75 Å². The number of methoxy groups -OCH3 is 1. The highest BCUT2D eigenvalue weighted by Crippen LogP contribution is 2.38. The maximum Gasteiger partial charge on any atom is 0.225 e. The van der Waals surface area contributed by atoms with E-state index in [4.69, 9.17) is 4.74 Å². The van der Waals surface area contributed by atoms with Crippen LogP contribution in [0.25, 0.3) is 0 Å². The van der Waals surface area contributed by atoms with Gasteiger partial charge >= 0.3 is 0 Å². The van der Waals surface area contributed by atoms with Crippen molar-refractivity contribution in [3.05, 3.63) is 89.5 Å². The van der Waals surface area contributed by atoms with Gasteiger partial charge in [-0.3, -0.25) is 14.7 Å². The zero-order chi connectivity index (χ0) is 23.5. The normalized spacial score (nSPS) is 19.8. The maximum absolute atomic E-state index is 13.4. The molecule has 0 spiro atoms. The Hall–Kier alpha value is -3.45. The molecule has 2 aliphatic heterocycles. The van der Waals surface area contributed by atoms with Gasteiger partial charge < -0.3 is 15.0 Å². The van der Waals surface area contributed by atoms with E-state index in [-0.39, 0.29) is 23.7 Å². The fraction of sp³-hybridized carbons (Fsp3) is 0.333. The lowest BCUT2D eigenvalue weighted by atomic mass is 9.83. The third-order valence-electron chi connectivity index (χ3n) is 6.88. The van der Waals surface area contributed by atoms with E-state index in [1.54, 1.807) is 19.5 Å². The molecule has 5 rings (SSSR count). The Morgan fingerprint density at radius 3 is 2.65 bits per heavy atom. The van der Waals surface area contributed by atoms with Gasteiger partial charge in [-0.25, -0.2) is 4.39 Å². The minimum absolute atomic E-state index is 0.0474. The molecule has 1 fully saturated rings. The molecule has 1 amide bonds. The second kappa shape index (κ2) is 9.81. The number of rotatable bonds is 6. The molecule has 0 aliphatic carbocycles. The van der Waals surface area contributed by atoms with Crippen LogP contribution in [0.3, 0.4) is 0 Å². The Kier molecular flexibility index (Phi) is 6.45. The predicted octanol–water partition coefficient (Wildman–Crippen LogP) is 3.41. The highest BCUT2D eigenvalue weighted by molar-refractivity contribution is 5.82. The summed E-state index contributed by atoms with van der Waals surface area (Å²) in [6, 6.07) is 16.7. The fourth-order valence-electron chi connectivity index (χ4n) is 5.08. The summed E-state index contributed by atoms with van der Waals surface area (Å²) in [7, 11) is 1.68. The summed E-state index contributed by atoms with van der Waals surface area (Å²) >= 11 is 0. The highest BCUT2D eigenvalue weighted by Gasteiger charge is 2.41. The lowest BCUT2D eigenvalue weighted by Crippen LogP contribution is -2.60. The van der Waals surface area contributed by atoms with Crippen LogP contribution < -0.4 is 15.0 Å². The van der Waals surface area contributed by atoms with Gasteiger partial charge in [0, 0.05) is 56.9 Å². The van der Waals surface area contributed by atoms with Crippen LogP contribution in [0, 0.1) is 11.7 Å². The molecule has 0 bridgehead atoms. The average molecular weight is 461 g/mol. The van der Waals surface area contributed by atoms with Crippen molar-refractivity contribution in [3.63, 3.8) is 0 Å². The molecular weight excluding hydrogens is 431 g/mol. The van der Waals surface area contributed by atoms with Gasteiger partial charge in [-0.2, -0.15) is 0 Å². The molecule has 1 N–H and O–H groups in total. The lowest BCUT2D eigenvalue weighted by Gasteiger charge is -2.49. The molecule has 0 radical (unpaired) electrons. The van der Waals surface area contributed by atoms with Crippen LogP contribution >= 0.6 is 0 Å². The number of benzene rings is 2. The second-order valence-corrected chi connectivity index (χ2v) is 9.00. The summed E-state index contributed by atoms with van der Waals surface area (Å²) in [6.07, 6.45) is 4.16. The van der Waals surface area contributed by atoms with Crippen molar-refractivity contribution in [2.75, 3.05) is 31.6 Å². The molecular formula is C27H29FN4O2. The van der Waals surface area contributed by atoms with Crippen molar-refractivity contribution in [3.8, 4) is 5.75 Å². The van der Waals surface area contributed by atoms with Crippen molar-refractivity contribution in [1.82, 2.24) is 15.2 Å². The molecule has 0 saturated carbocycles. The molecule has 2 atom stereocenters. The largest absolute Gasteiger partial charge is 0.497 e. The van der Waals surface area contributed by atoms with E-state index in [1.165, 1.54) is 17.7 Å². The molecule has 7 heteroatoms. The standard InChI is InChI=1S/C27H29FN4O2/c1-34-23-7-4-21-14-24(27(33)30-16-19-8-10-29-11-9-19)26-18-31(12-13-32(26)25(21)15-23)17-20-2-5-22(28)6-3-20/h2-11,15,24,26H,12-14,16-18H2,1H3,(H,30,33)/t24-,26+/m1/s1. The summed E-state index contributed by atoms with van der Waals surface area (Å²) in [4.78, 5) is 22.2. The van der Waals surface area contributed by atoms with Crippen LogP contribution in [-0.2, 0) is 24.3 Å². The first-order valence-corrected chi connectivity index (χ1v) is 11.7. The Labute approximate surface area is 199 Å². The van der Waals surface area contributed by atoms with Crippen molar-refractivity contribution in [2.45, 2.75) is 25.6 Å². The smallest absolute Gasteiger partial charge is 0.225 e. The Bertz CT molecular complexity index is 1140. The molecule has 1 saturated heterocycles. The van der Waals surface area contributed by atoms with Crippen molar-refractivity contribution in [2.24, 2.45) is 5.92 Å². The molecule has 34 heavy (non-hydrogen) atoms. The topological polar surface area (TPSA) is 57.7 Å². The van der Waals surface area contributed by atoms with Crippen LogP contribution in [0.4, 0.5) is 10.1 Å². The van der Waals surface area contributed by atoms with E-state index in [1.807, 2.05) is 30.3 Å². The number of hydrogen-bond acceptors (Lipinski definition) is 5. The van der Waals surface area contributed by atoms with Crippen LogP contribution in [0.2, 0.25) is 0 Å². The summed E-state index contributed by atoms with van der Waals surface area (Å²) in [5.41, 5.74) is 4.44. The third kappa shape index (κ3) is 4.75. The number of halogens is 1. The van der Waals surface area contributed by atoms with Gasteiger partial charge in [0.1, 0.15) is 11.6 Å². The van der Waals surface area contributed by atoms with Gasteiger partial charge in [-0.15, -0.1) is 0 Å². The zero-order valence-electron chi connectivity index (χ0n) is 19.3. The van der Waals surface area contributed by atoms with Gasteiger partial charge in [0.05, 0.1) is 19.1 Å². The summed E-state index contributed by atoms with van der Waals surface area (Å²) in [5, 5.41) is 3.15. The molecule has 3 heterocycles. The first kappa shape index (κ1) is 22.3. The second-order valence-electron chi connectivity index (χ2n) is 9.00. The molecule has 176 valence electrons. The van der Waals surface area contributed by atoms with Gasteiger partial charge in [0.25, 0.3) is 0 Å². The first-order valence-electron chi connectivity index (χ1n) is 11.7. The summed E-state index contributed by atoms with van der Waals surface area (Å²) < 4.78 is 18.8. The van der Waals surface area contributed by atoms with E-state index in [0.717, 1.165) is 48.7 Å². The van der Waals surface area contributed by atoms with E-state index in [2.05, 4.69) is 32.2 Å². The lowest BCUT2D eigenvalue weighted by molar-refractivity contribution is -0.126. The number of amides is 1. The number of fused-ring (bicyclic) bond motifs is 3. The van der Waals surface area contributed by atoms with E-state index in [0.29, 0.717) is 13.0 Å². The van der Waals surface area contributed by atoms with Crippen molar-refractivity contribution < 1.29 is 13.9 Å². The van der Waals surface area contributed by atoms with Gasteiger partial charge in [0.2, 0.25) is 5.91 Å². The van der Waals surface area contributed by atoms with Crippen LogP contribution in [0.1, 0.15) is 16.7 Å². The average Bonchev–Trinajstić information content (AvgIpc) is 2.88. The summed E-state index contributed by atoms with van der Waals surface area (Å²) in [6.45, 7) is 3.68. The monoisotopic (exact) mass is 460 g/mol. The maximum atomic E-state index is 13.4. The zero-order valence-corrected chi connectivity index (χ0v) is 19.3. The van der Waals surface area contributed by atoms with Crippen molar-refractivity contribution >= 4 is 11.6 Å². The number of nitrogens with one attached hydrogen (secondary N) is 1. The molecule has 2 aromatic carbocycles. The number of carbonyl (C=O) groups excluding carboxylic acids is 1. The van der Waals surface area contributed by atoms with Crippen LogP contribution in [0.15, 0.2) is 67.0 Å². The molecule has 2 aliphatic rings. The third-order valence-corrected chi connectivity index (χ3v) is 6.88. The van der Waals surface area contributed by atoms with E-state index >= 15 is 0 Å². The van der Waals surface area contributed by atoms with Gasteiger partial charge in [0.15, 0.2) is 0 Å². The Morgan fingerprint density at radius 1 is 1.09 bits per heavy atom. The summed E-state index contributed by atoms with van der Waals surface area (Å²) in [5.74, 6) is 0.500. The van der Waals surface area contributed by atoms with Gasteiger partial charge in [-0.1, -0.05) is 18.2 Å².